The van der Waals surface area contributed by atoms with Crippen LogP contribution >= 0.6 is 0 Å². The Labute approximate surface area is 89.1 Å². The monoisotopic (exact) mass is 212 g/mol. The molecule has 84 valence electrons. The SMILES string of the molecule is CCOC(=O)CN1N=C(C)C(CC)C1=O. The third-order valence-corrected chi connectivity index (χ3v) is 2.33. The molecule has 1 aliphatic heterocycles. The second kappa shape index (κ2) is 4.91. The molecule has 1 heterocycles. The van der Waals surface area contributed by atoms with Crippen LogP contribution in [-0.2, 0) is 14.3 Å². The van der Waals surface area contributed by atoms with Crippen LogP contribution in [0.3, 0.4) is 0 Å². The summed E-state index contributed by atoms with van der Waals surface area (Å²) in [5, 5.41) is 5.24. The first-order chi connectivity index (χ1) is 7.10. The average molecular weight is 212 g/mol. The molecule has 1 aliphatic rings. The molecule has 0 fully saturated rings. The first-order valence-corrected chi connectivity index (χ1v) is 5.12. The van der Waals surface area contributed by atoms with Crippen LogP contribution in [-0.4, -0.2) is 35.7 Å². The Morgan fingerprint density at radius 1 is 1.53 bits per heavy atom. The van der Waals surface area contributed by atoms with Gasteiger partial charge in [0.05, 0.1) is 12.5 Å². The van der Waals surface area contributed by atoms with Crippen LogP contribution in [0.1, 0.15) is 27.2 Å². The lowest BCUT2D eigenvalue weighted by Crippen LogP contribution is -2.32. The van der Waals surface area contributed by atoms with Crippen molar-refractivity contribution in [1.29, 1.82) is 0 Å². The number of esters is 1. The van der Waals surface area contributed by atoms with E-state index in [0.29, 0.717) is 13.0 Å². The molecule has 0 saturated heterocycles. The van der Waals surface area contributed by atoms with Gasteiger partial charge in [0.2, 0.25) is 0 Å². The Morgan fingerprint density at radius 2 is 2.20 bits per heavy atom. The molecule has 1 amide bonds. The van der Waals surface area contributed by atoms with Gasteiger partial charge in [-0.3, -0.25) is 9.59 Å². The summed E-state index contributed by atoms with van der Waals surface area (Å²) in [4.78, 5) is 22.9. The van der Waals surface area contributed by atoms with Crippen molar-refractivity contribution in [2.75, 3.05) is 13.2 Å². The molecular weight excluding hydrogens is 196 g/mol. The highest BCUT2D eigenvalue weighted by molar-refractivity contribution is 6.07. The summed E-state index contributed by atoms with van der Waals surface area (Å²) < 4.78 is 4.75. The van der Waals surface area contributed by atoms with Gasteiger partial charge < -0.3 is 4.74 Å². The van der Waals surface area contributed by atoms with Crippen molar-refractivity contribution in [3.05, 3.63) is 0 Å². The Hall–Kier alpha value is -1.39. The van der Waals surface area contributed by atoms with Crippen molar-refractivity contribution in [3.8, 4) is 0 Å². The summed E-state index contributed by atoms with van der Waals surface area (Å²) in [6.07, 6.45) is 0.716. The number of rotatable bonds is 4. The molecule has 0 bridgehead atoms. The van der Waals surface area contributed by atoms with Crippen molar-refractivity contribution in [1.82, 2.24) is 5.01 Å². The molecule has 5 nitrogen and oxygen atoms in total. The molecule has 0 aliphatic carbocycles. The van der Waals surface area contributed by atoms with E-state index >= 15 is 0 Å². The van der Waals surface area contributed by atoms with E-state index < -0.39 is 5.97 Å². The normalized spacial score (nSPS) is 20.5. The zero-order chi connectivity index (χ0) is 11.4. The highest BCUT2D eigenvalue weighted by atomic mass is 16.5. The summed E-state index contributed by atoms with van der Waals surface area (Å²) in [7, 11) is 0. The van der Waals surface area contributed by atoms with Gasteiger partial charge in [0.25, 0.3) is 5.91 Å². The topological polar surface area (TPSA) is 59.0 Å². The molecule has 1 unspecified atom stereocenters. The third kappa shape index (κ3) is 2.55. The standard InChI is InChI=1S/C10H16N2O3/c1-4-8-7(3)11-12(10(8)14)6-9(13)15-5-2/h8H,4-6H2,1-3H3. The summed E-state index contributed by atoms with van der Waals surface area (Å²) >= 11 is 0. The van der Waals surface area contributed by atoms with Gasteiger partial charge >= 0.3 is 5.97 Å². The summed E-state index contributed by atoms with van der Waals surface area (Å²) in [5.41, 5.74) is 0.770. The van der Waals surface area contributed by atoms with E-state index in [0.717, 1.165) is 5.71 Å². The van der Waals surface area contributed by atoms with E-state index in [1.165, 1.54) is 5.01 Å². The second-order valence-electron chi connectivity index (χ2n) is 3.40. The number of carbonyl (C=O) groups is 2. The van der Waals surface area contributed by atoms with E-state index in [1.54, 1.807) is 13.8 Å². The summed E-state index contributed by atoms with van der Waals surface area (Å²) in [5.74, 6) is -0.693. The van der Waals surface area contributed by atoms with Crippen LogP contribution in [0.5, 0.6) is 0 Å². The van der Waals surface area contributed by atoms with Gasteiger partial charge in [-0.15, -0.1) is 0 Å². The number of hydrogen-bond acceptors (Lipinski definition) is 4. The van der Waals surface area contributed by atoms with E-state index in [1.807, 2.05) is 6.92 Å². The first kappa shape index (κ1) is 11.7. The van der Waals surface area contributed by atoms with Crippen LogP contribution < -0.4 is 0 Å². The zero-order valence-electron chi connectivity index (χ0n) is 9.32. The zero-order valence-corrected chi connectivity index (χ0v) is 9.32. The van der Waals surface area contributed by atoms with Gasteiger partial charge in [-0.2, -0.15) is 5.10 Å². The second-order valence-corrected chi connectivity index (χ2v) is 3.40. The van der Waals surface area contributed by atoms with E-state index in [2.05, 4.69) is 5.10 Å². The molecule has 1 atom stereocenters. The maximum Gasteiger partial charge on any atom is 0.327 e. The molecule has 15 heavy (non-hydrogen) atoms. The number of hydrazone groups is 1. The molecular formula is C10H16N2O3. The predicted molar refractivity (Wildman–Crippen MR) is 55.2 cm³/mol. The lowest BCUT2D eigenvalue weighted by atomic mass is 10.0. The molecule has 1 rings (SSSR count). The molecule has 0 aromatic rings. The van der Waals surface area contributed by atoms with Crippen molar-refractivity contribution in [2.24, 2.45) is 11.0 Å². The number of ether oxygens (including phenoxy) is 1. The van der Waals surface area contributed by atoms with Crippen LogP contribution in [0.4, 0.5) is 0 Å². The molecule has 0 aromatic carbocycles. The molecule has 5 heteroatoms. The maximum atomic E-state index is 11.7. The minimum Gasteiger partial charge on any atom is -0.465 e. The quantitative estimate of drug-likeness (QED) is 0.647. The lowest BCUT2D eigenvalue weighted by molar-refractivity contribution is -0.148. The van der Waals surface area contributed by atoms with Crippen molar-refractivity contribution in [3.63, 3.8) is 0 Å². The highest BCUT2D eigenvalue weighted by Crippen LogP contribution is 2.18. The first-order valence-electron chi connectivity index (χ1n) is 5.12. The fraction of sp³-hybridized carbons (Fsp3) is 0.700. The van der Waals surface area contributed by atoms with E-state index in [4.69, 9.17) is 4.74 Å². The smallest absolute Gasteiger partial charge is 0.327 e. The number of carbonyl (C=O) groups excluding carboxylic acids is 2. The largest absolute Gasteiger partial charge is 0.465 e. The fourth-order valence-corrected chi connectivity index (χ4v) is 1.58. The van der Waals surface area contributed by atoms with Crippen LogP contribution in [0, 0.1) is 5.92 Å². The minimum absolute atomic E-state index is 0.0828. The Balaban J connectivity index is 2.59. The molecule has 0 spiro atoms. The number of hydrogen-bond donors (Lipinski definition) is 0. The molecule has 0 radical (unpaired) electrons. The van der Waals surface area contributed by atoms with Crippen LogP contribution in [0.25, 0.3) is 0 Å². The number of amides is 1. The average Bonchev–Trinajstić information content (AvgIpc) is 2.42. The Kier molecular flexibility index (Phi) is 3.82. The van der Waals surface area contributed by atoms with Gasteiger partial charge in [0.1, 0.15) is 6.54 Å². The van der Waals surface area contributed by atoms with Crippen LogP contribution in [0.15, 0.2) is 5.10 Å². The van der Waals surface area contributed by atoms with Crippen molar-refractivity contribution in [2.45, 2.75) is 27.2 Å². The molecule has 0 saturated carbocycles. The van der Waals surface area contributed by atoms with Crippen molar-refractivity contribution >= 4 is 17.6 Å². The predicted octanol–water partition coefficient (Wildman–Crippen LogP) is 0.794. The third-order valence-electron chi connectivity index (χ3n) is 2.33. The minimum atomic E-state index is -0.417. The Morgan fingerprint density at radius 3 is 2.67 bits per heavy atom. The Bertz CT molecular complexity index is 299. The highest BCUT2D eigenvalue weighted by Gasteiger charge is 2.33. The fourth-order valence-electron chi connectivity index (χ4n) is 1.58. The maximum absolute atomic E-state index is 11.7. The van der Waals surface area contributed by atoms with Crippen molar-refractivity contribution < 1.29 is 14.3 Å². The molecule has 0 N–H and O–H groups in total. The number of nitrogens with zero attached hydrogens (tertiary/aromatic N) is 2. The van der Waals surface area contributed by atoms with E-state index in [-0.39, 0.29) is 18.4 Å². The van der Waals surface area contributed by atoms with Gasteiger partial charge in [-0.05, 0) is 20.3 Å². The van der Waals surface area contributed by atoms with E-state index in [9.17, 15) is 9.59 Å². The molecule has 0 aromatic heterocycles. The van der Waals surface area contributed by atoms with Gasteiger partial charge in [0.15, 0.2) is 0 Å². The van der Waals surface area contributed by atoms with Gasteiger partial charge in [-0.25, -0.2) is 5.01 Å². The van der Waals surface area contributed by atoms with Gasteiger partial charge in [-0.1, -0.05) is 6.92 Å². The summed E-state index contributed by atoms with van der Waals surface area (Å²) in [6.45, 7) is 5.70. The summed E-state index contributed by atoms with van der Waals surface area (Å²) in [6, 6.07) is 0. The van der Waals surface area contributed by atoms with Crippen LogP contribution in [0.2, 0.25) is 0 Å². The lowest BCUT2D eigenvalue weighted by Gasteiger charge is -2.12. The van der Waals surface area contributed by atoms with Gasteiger partial charge in [0, 0.05) is 5.71 Å².